The van der Waals surface area contributed by atoms with Crippen LogP contribution in [0.5, 0.6) is 11.5 Å². The van der Waals surface area contributed by atoms with Gasteiger partial charge in [-0.3, -0.25) is 14.4 Å². The average Bonchev–Trinajstić information content (AvgIpc) is 3.42. The molecule has 2 aromatic carbocycles. The Balaban J connectivity index is 1.48. The van der Waals surface area contributed by atoms with E-state index >= 15 is 0 Å². The van der Waals surface area contributed by atoms with Crippen LogP contribution in [0.4, 0.5) is 0 Å². The van der Waals surface area contributed by atoms with Crippen LogP contribution in [-0.4, -0.2) is 56.8 Å². The number of thiophene rings is 1. The molecule has 0 radical (unpaired) electrons. The Bertz CT molecular complexity index is 1730. The third kappa shape index (κ3) is 6.17. The smallest absolute Gasteiger partial charge is 0.344 e. The highest BCUT2D eigenvalue weighted by atomic mass is 32.1. The number of hydrogen-bond acceptors (Lipinski definition) is 9. The van der Waals surface area contributed by atoms with Crippen LogP contribution in [0.25, 0.3) is 16.1 Å². The van der Waals surface area contributed by atoms with Crippen LogP contribution in [0.2, 0.25) is 0 Å². The minimum Gasteiger partial charge on any atom is -0.493 e. The van der Waals surface area contributed by atoms with Gasteiger partial charge in [-0.25, -0.2) is 4.79 Å². The highest BCUT2D eigenvalue weighted by molar-refractivity contribution is 7.15. The molecule has 0 aliphatic carbocycles. The molecule has 224 valence electrons. The van der Waals surface area contributed by atoms with Gasteiger partial charge in [0.25, 0.3) is 0 Å². The predicted octanol–water partition coefficient (Wildman–Crippen LogP) is 6.02. The second-order valence-corrected chi connectivity index (χ2v) is 12.5. The van der Waals surface area contributed by atoms with Crippen molar-refractivity contribution >= 4 is 29.0 Å². The molecular formula is C32H34N4O6S. The molecular weight excluding hydrogens is 568 g/mol. The zero-order valence-electron chi connectivity index (χ0n) is 25.2. The number of benzene rings is 2. The summed E-state index contributed by atoms with van der Waals surface area (Å²) < 4.78 is 18.5. The number of ether oxygens (including phenoxy) is 3. The molecule has 1 aliphatic rings. The van der Waals surface area contributed by atoms with Gasteiger partial charge in [-0.1, -0.05) is 30.3 Å². The molecule has 1 atom stereocenters. The number of aryl methyl sites for hydroxylation is 2. The fourth-order valence-electron chi connectivity index (χ4n) is 4.98. The summed E-state index contributed by atoms with van der Waals surface area (Å²) >= 11 is 1.62. The molecule has 0 unspecified atom stereocenters. The normalized spacial score (nSPS) is 14.3. The third-order valence-corrected chi connectivity index (χ3v) is 8.22. The van der Waals surface area contributed by atoms with Gasteiger partial charge in [0.15, 0.2) is 23.9 Å². The third-order valence-electron chi connectivity index (χ3n) is 7.03. The number of rotatable bonds is 8. The van der Waals surface area contributed by atoms with E-state index in [1.54, 1.807) is 45.3 Å². The number of aliphatic imine (C=N–C) groups is 1. The highest BCUT2D eigenvalue weighted by Gasteiger charge is 2.32. The standard InChI is InChI=1S/C32H34N4O6S/c1-17-18(2)43-31-28(17)29(33-23(15-26(37)38)30-35-34-19(3)36(30)31)21-10-8-20(9-11-21)22-12-13-24(25(14-22)40-7)41-16-27(39)42-32(4,5)6/h8-14,23H,15-16H2,1-7H3,(H,37,38)/t23-/m0/s1. The molecule has 10 nitrogen and oxygen atoms in total. The lowest BCUT2D eigenvalue weighted by Crippen LogP contribution is -2.27. The zero-order chi connectivity index (χ0) is 31.1. The van der Waals surface area contributed by atoms with E-state index in [2.05, 4.69) is 24.0 Å². The van der Waals surface area contributed by atoms with E-state index in [1.807, 2.05) is 47.9 Å². The van der Waals surface area contributed by atoms with E-state index < -0.39 is 23.6 Å². The molecule has 11 heteroatoms. The largest absolute Gasteiger partial charge is 0.493 e. The molecule has 1 aliphatic heterocycles. The summed E-state index contributed by atoms with van der Waals surface area (Å²) in [5, 5.41) is 19.2. The van der Waals surface area contributed by atoms with Crippen molar-refractivity contribution in [2.75, 3.05) is 13.7 Å². The van der Waals surface area contributed by atoms with Crippen LogP contribution in [0.1, 0.15) is 66.5 Å². The van der Waals surface area contributed by atoms with Gasteiger partial charge in [-0.2, -0.15) is 0 Å². The fraction of sp³-hybridized carbons (Fsp3) is 0.344. The summed E-state index contributed by atoms with van der Waals surface area (Å²) in [5.74, 6) is 0.713. The molecule has 43 heavy (non-hydrogen) atoms. The SMILES string of the molecule is COc1cc(-c2ccc(C3=N[C@@H](CC(=O)O)c4nnc(C)n4-c4sc(C)c(C)c43)cc2)ccc1OCC(=O)OC(C)(C)C. The van der Waals surface area contributed by atoms with Crippen molar-refractivity contribution in [3.05, 3.63) is 75.7 Å². The molecule has 0 saturated heterocycles. The maximum atomic E-state index is 12.1. The van der Waals surface area contributed by atoms with E-state index in [9.17, 15) is 14.7 Å². The van der Waals surface area contributed by atoms with Crippen molar-refractivity contribution in [1.82, 2.24) is 14.8 Å². The zero-order valence-corrected chi connectivity index (χ0v) is 26.0. The highest BCUT2D eigenvalue weighted by Crippen LogP contribution is 2.40. The topological polar surface area (TPSA) is 125 Å². The Labute approximate surface area is 254 Å². The molecule has 3 heterocycles. The number of aliphatic carboxylic acids is 1. The van der Waals surface area contributed by atoms with Gasteiger partial charge in [-0.15, -0.1) is 21.5 Å². The van der Waals surface area contributed by atoms with Crippen LogP contribution in [0, 0.1) is 20.8 Å². The van der Waals surface area contributed by atoms with Crippen molar-refractivity contribution in [1.29, 1.82) is 0 Å². The van der Waals surface area contributed by atoms with E-state index in [0.29, 0.717) is 23.1 Å². The second kappa shape index (κ2) is 11.6. The number of carboxylic acids is 1. The molecule has 4 aromatic rings. The lowest BCUT2D eigenvalue weighted by atomic mass is 9.97. The maximum absolute atomic E-state index is 12.1. The Morgan fingerprint density at radius 2 is 1.65 bits per heavy atom. The molecule has 0 spiro atoms. The minimum absolute atomic E-state index is 0.200. The molecule has 0 saturated carbocycles. The van der Waals surface area contributed by atoms with Crippen LogP contribution in [0.3, 0.4) is 0 Å². The van der Waals surface area contributed by atoms with Crippen molar-refractivity contribution in [3.8, 4) is 27.6 Å². The summed E-state index contributed by atoms with van der Waals surface area (Å²) in [7, 11) is 1.55. The average molecular weight is 603 g/mol. The Morgan fingerprint density at radius 3 is 2.30 bits per heavy atom. The predicted molar refractivity (Wildman–Crippen MR) is 164 cm³/mol. The lowest BCUT2D eigenvalue weighted by Gasteiger charge is -2.20. The Kier molecular flexibility index (Phi) is 8.11. The van der Waals surface area contributed by atoms with Crippen molar-refractivity contribution < 1.29 is 28.9 Å². The number of aromatic nitrogens is 3. The van der Waals surface area contributed by atoms with Gasteiger partial charge in [-0.05, 0) is 70.4 Å². The van der Waals surface area contributed by atoms with Crippen LogP contribution < -0.4 is 9.47 Å². The molecule has 1 N–H and O–H groups in total. The van der Waals surface area contributed by atoms with Gasteiger partial charge in [0.05, 0.1) is 19.2 Å². The van der Waals surface area contributed by atoms with E-state index in [0.717, 1.165) is 43.4 Å². The summed E-state index contributed by atoms with van der Waals surface area (Å²) in [6.07, 6.45) is -0.200. The number of nitrogens with zero attached hydrogens (tertiary/aromatic N) is 4. The van der Waals surface area contributed by atoms with Gasteiger partial charge in [0.2, 0.25) is 0 Å². The maximum Gasteiger partial charge on any atom is 0.344 e. The van der Waals surface area contributed by atoms with Crippen molar-refractivity contribution in [2.45, 2.75) is 59.6 Å². The molecule has 0 bridgehead atoms. The van der Waals surface area contributed by atoms with Crippen molar-refractivity contribution in [3.63, 3.8) is 0 Å². The molecule has 5 rings (SSSR count). The first kappa shape index (κ1) is 30.0. The van der Waals surface area contributed by atoms with E-state index in [4.69, 9.17) is 19.2 Å². The molecule has 0 fully saturated rings. The van der Waals surface area contributed by atoms with Crippen LogP contribution in [-0.2, 0) is 14.3 Å². The summed E-state index contributed by atoms with van der Waals surface area (Å²) in [6.45, 7) is 11.2. The summed E-state index contributed by atoms with van der Waals surface area (Å²) in [4.78, 5) is 30.1. The number of carbonyl (C=O) groups is 2. The fourth-order valence-corrected chi connectivity index (χ4v) is 6.20. The first-order valence-corrected chi connectivity index (χ1v) is 14.6. The minimum atomic E-state index is -0.957. The first-order chi connectivity index (χ1) is 20.4. The number of carboxylic acid groups (broad SMARTS) is 1. The van der Waals surface area contributed by atoms with E-state index in [-0.39, 0.29) is 13.0 Å². The van der Waals surface area contributed by atoms with Crippen LogP contribution >= 0.6 is 11.3 Å². The van der Waals surface area contributed by atoms with Crippen molar-refractivity contribution in [2.24, 2.45) is 4.99 Å². The van der Waals surface area contributed by atoms with Gasteiger partial charge in [0.1, 0.15) is 22.5 Å². The van der Waals surface area contributed by atoms with Gasteiger partial charge >= 0.3 is 11.9 Å². The second-order valence-electron chi connectivity index (χ2n) is 11.3. The van der Waals surface area contributed by atoms with Gasteiger partial charge < -0.3 is 19.3 Å². The number of hydrogen-bond donors (Lipinski definition) is 1. The summed E-state index contributed by atoms with van der Waals surface area (Å²) in [5.41, 5.74) is 4.86. The Morgan fingerprint density at radius 1 is 0.977 bits per heavy atom. The van der Waals surface area contributed by atoms with E-state index in [1.165, 1.54) is 0 Å². The summed E-state index contributed by atoms with van der Waals surface area (Å²) in [6, 6.07) is 12.8. The lowest BCUT2D eigenvalue weighted by molar-refractivity contribution is -0.157. The monoisotopic (exact) mass is 602 g/mol. The van der Waals surface area contributed by atoms with Crippen LogP contribution in [0.15, 0.2) is 47.5 Å². The first-order valence-electron chi connectivity index (χ1n) is 13.8. The quantitative estimate of drug-likeness (QED) is 0.243. The number of esters is 1. The number of fused-ring (bicyclic) bond motifs is 3. The molecule has 0 amide bonds. The molecule has 2 aromatic heterocycles. The number of methoxy groups -OCH3 is 1. The van der Waals surface area contributed by atoms with Gasteiger partial charge in [0, 0.05) is 16.0 Å². The number of carbonyl (C=O) groups excluding carboxylic acids is 1. The Hall–Kier alpha value is -4.51.